The molecule has 1 aliphatic heterocycles. The van der Waals surface area contributed by atoms with Gasteiger partial charge in [0.1, 0.15) is 0 Å². The molecule has 2 aliphatic rings. The molecule has 0 radical (unpaired) electrons. The van der Waals surface area contributed by atoms with Gasteiger partial charge in [-0.15, -0.1) is 0 Å². The molecule has 1 aliphatic carbocycles. The van der Waals surface area contributed by atoms with Gasteiger partial charge in [-0.1, -0.05) is 32.6 Å². The second-order valence-corrected chi connectivity index (χ2v) is 6.67. The molecule has 3 nitrogen and oxygen atoms in total. The molecule has 0 aromatic carbocycles. The number of carbonyl (C=O) groups excluding carboxylic acids is 1. The van der Waals surface area contributed by atoms with Gasteiger partial charge >= 0.3 is 0 Å². The van der Waals surface area contributed by atoms with Crippen molar-refractivity contribution in [1.82, 2.24) is 4.90 Å². The zero-order chi connectivity index (χ0) is 13.7. The van der Waals surface area contributed by atoms with Gasteiger partial charge in [-0.25, -0.2) is 0 Å². The zero-order valence-electron chi connectivity index (χ0n) is 12.5. The molecule has 3 heteroatoms. The number of rotatable bonds is 4. The van der Waals surface area contributed by atoms with Crippen molar-refractivity contribution in [1.29, 1.82) is 0 Å². The molecule has 1 heterocycles. The second-order valence-electron chi connectivity index (χ2n) is 6.67. The normalized spacial score (nSPS) is 24.4. The Morgan fingerprint density at radius 2 is 1.84 bits per heavy atom. The van der Waals surface area contributed by atoms with E-state index in [-0.39, 0.29) is 5.41 Å². The smallest absolute Gasteiger partial charge is 0.223 e. The van der Waals surface area contributed by atoms with Gasteiger partial charge in [0.05, 0.1) is 0 Å². The molecule has 2 fully saturated rings. The van der Waals surface area contributed by atoms with Gasteiger partial charge < -0.3 is 10.6 Å². The van der Waals surface area contributed by atoms with Gasteiger partial charge in [0.15, 0.2) is 0 Å². The van der Waals surface area contributed by atoms with E-state index in [2.05, 4.69) is 11.8 Å². The number of piperidine rings is 1. The number of carbonyl (C=O) groups is 1. The van der Waals surface area contributed by atoms with Crippen LogP contribution in [0, 0.1) is 11.3 Å². The third-order valence-electron chi connectivity index (χ3n) is 5.42. The molecule has 1 amide bonds. The lowest BCUT2D eigenvalue weighted by Gasteiger charge is -2.39. The Hall–Kier alpha value is -0.570. The molecular weight excluding hydrogens is 236 g/mol. The van der Waals surface area contributed by atoms with E-state index in [1.165, 1.54) is 38.5 Å². The Morgan fingerprint density at radius 3 is 2.37 bits per heavy atom. The minimum absolute atomic E-state index is 0.122. The first-order valence-electron chi connectivity index (χ1n) is 8.17. The van der Waals surface area contributed by atoms with E-state index in [1.807, 2.05) is 0 Å². The van der Waals surface area contributed by atoms with Gasteiger partial charge in [-0.05, 0) is 43.6 Å². The molecule has 19 heavy (non-hydrogen) atoms. The van der Waals surface area contributed by atoms with Crippen molar-refractivity contribution in [3.05, 3.63) is 0 Å². The van der Waals surface area contributed by atoms with Gasteiger partial charge in [-0.3, -0.25) is 4.79 Å². The predicted octanol–water partition coefficient (Wildman–Crippen LogP) is 2.93. The molecule has 0 aromatic heterocycles. The van der Waals surface area contributed by atoms with Gasteiger partial charge in [0, 0.05) is 19.5 Å². The number of likely N-dealkylation sites (tertiary alicyclic amines) is 1. The minimum Gasteiger partial charge on any atom is -0.343 e. The molecule has 110 valence electrons. The SMILES string of the molecule is CCC1CCN(C(=O)CC2(CN)CCCCC2)CC1. The lowest BCUT2D eigenvalue weighted by molar-refractivity contribution is -0.135. The highest BCUT2D eigenvalue weighted by molar-refractivity contribution is 5.77. The summed E-state index contributed by atoms with van der Waals surface area (Å²) in [6.45, 7) is 4.88. The van der Waals surface area contributed by atoms with Crippen LogP contribution in [-0.4, -0.2) is 30.4 Å². The standard InChI is InChI=1S/C16H30N2O/c1-2-14-6-10-18(11-7-14)15(19)12-16(13-17)8-4-3-5-9-16/h14H,2-13,17H2,1H3. The molecule has 2 rings (SSSR count). The van der Waals surface area contributed by atoms with E-state index in [1.54, 1.807) is 0 Å². The molecular formula is C16H30N2O. The van der Waals surface area contributed by atoms with Gasteiger partial charge in [-0.2, -0.15) is 0 Å². The van der Waals surface area contributed by atoms with Crippen LogP contribution < -0.4 is 5.73 Å². The average molecular weight is 266 g/mol. The lowest BCUT2D eigenvalue weighted by atomic mass is 9.71. The van der Waals surface area contributed by atoms with Crippen LogP contribution in [-0.2, 0) is 4.79 Å². The number of nitrogens with zero attached hydrogens (tertiary/aromatic N) is 1. The Bertz CT molecular complexity index is 289. The lowest BCUT2D eigenvalue weighted by Crippen LogP contribution is -2.43. The summed E-state index contributed by atoms with van der Waals surface area (Å²) in [5, 5.41) is 0. The van der Waals surface area contributed by atoms with Crippen LogP contribution in [0.5, 0.6) is 0 Å². The third kappa shape index (κ3) is 3.71. The van der Waals surface area contributed by atoms with Crippen LogP contribution in [0.25, 0.3) is 0 Å². The van der Waals surface area contributed by atoms with E-state index in [9.17, 15) is 4.79 Å². The Labute approximate surface area is 117 Å². The Kier molecular flexibility index (Phi) is 5.26. The molecule has 0 bridgehead atoms. The molecule has 0 unspecified atom stereocenters. The molecule has 2 N–H and O–H groups in total. The number of nitrogens with two attached hydrogens (primary N) is 1. The maximum Gasteiger partial charge on any atom is 0.223 e. The maximum absolute atomic E-state index is 12.5. The zero-order valence-corrected chi connectivity index (χ0v) is 12.5. The Morgan fingerprint density at radius 1 is 1.21 bits per heavy atom. The fraction of sp³-hybridized carbons (Fsp3) is 0.938. The summed E-state index contributed by atoms with van der Waals surface area (Å²) >= 11 is 0. The van der Waals surface area contributed by atoms with E-state index < -0.39 is 0 Å². The van der Waals surface area contributed by atoms with E-state index in [4.69, 9.17) is 5.73 Å². The van der Waals surface area contributed by atoms with Crippen LogP contribution in [0.2, 0.25) is 0 Å². The summed E-state index contributed by atoms with van der Waals surface area (Å²) < 4.78 is 0. The first-order chi connectivity index (χ1) is 9.19. The highest BCUT2D eigenvalue weighted by Crippen LogP contribution is 2.39. The summed E-state index contributed by atoms with van der Waals surface area (Å²) in [5.41, 5.74) is 6.11. The van der Waals surface area contributed by atoms with Crippen LogP contribution in [0.4, 0.5) is 0 Å². The summed E-state index contributed by atoms with van der Waals surface area (Å²) in [7, 11) is 0. The Balaban J connectivity index is 1.86. The van der Waals surface area contributed by atoms with E-state index in [0.29, 0.717) is 18.9 Å². The summed E-state index contributed by atoms with van der Waals surface area (Å²) in [4.78, 5) is 14.6. The van der Waals surface area contributed by atoms with Crippen LogP contribution in [0.3, 0.4) is 0 Å². The van der Waals surface area contributed by atoms with Crippen LogP contribution in [0.1, 0.15) is 64.7 Å². The van der Waals surface area contributed by atoms with Crippen LogP contribution in [0.15, 0.2) is 0 Å². The molecule has 0 spiro atoms. The van der Waals surface area contributed by atoms with Crippen molar-refractivity contribution < 1.29 is 4.79 Å². The van der Waals surface area contributed by atoms with Crippen LogP contribution >= 0.6 is 0 Å². The van der Waals surface area contributed by atoms with Crippen molar-refractivity contribution in [3.8, 4) is 0 Å². The highest BCUT2D eigenvalue weighted by atomic mass is 16.2. The average Bonchev–Trinajstić information content (AvgIpc) is 2.48. The monoisotopic (exact) mass is 266 g/mol. The topological polar surface area (TPSA) is 46.3 Å². The summed E-state index contributed by atoms with van der Waals surface area (Å²) in [5.74, 6) is 1.20. The molecule has 1 saturated carbocycles. The van der Waals surface area contributed by atoms with Crippen molar-refractivity contribution in [2.75, 3.05) is 19.6 Å². The fourth-order valence-electron chi connectivity index (χ4n) is 3.78. The fourth-order valence-corrected chi connectivity index (χ4v) is 3.78. The third-order valence-corrected chi connectivity index (χ3v) is 5.42. The van der Waals surface area contributed by atoms with Crippen molar-refractivity contribution in [2.24, 2.45) is 17.1 Å². The quantitative estimate of drug-likeness (QED) is 0.850. The van der Waals surface area contributed by atoms with Crippen molar-refractivity contribution in [3.63, 3.8) is 0 Å². The highest BCUT2D eigenvalue weighted by Gasteiger charge is 2.35. The second kappa shape index (κ2) is 6.74. The summed E-state index contributed by atoms with van der Waals surface area (Å²) in [6, 6.07) is 0. The van der Waals surface area contributed by atoms with Crippen molar-refractivity contribution >= 4 is 5.91 Å². The van der Waals surface area contributed by atoms with Gasteiger partial charge in [0.2, 0.25) is 5.91 Å². The number of hydrogen-bond donors (Lipinski definition) is 1. The summed E-state index contributed by atoms with van der Waals surface area (Å²) in [6.07, 6.45) is 10.5. The van der Waals surface area contributed by atoms with Crippen molar-refractivity contribution in [2.45, 2.75) is 64.7 Å². The van der Waals surface area contributed by atoms with E-state index in [0.717, 1.165) is 31.8 Å². The van der Waals surface area contributed by atoms with Gasteiger partial charge in [0.25, 0.3) is 0 Å². The number of amides is 1. The predicted molar refractivity (Wildman–Crippen MR) is 78.8 cm³/mol. The first-order valence-corrected chi connectivity index (χ1v) is 8.17. The first kappa shape index (κ1) is 14.8. The maximum atomic E-state index is 12.5. The molecule has 1 saturated heterocycles. The minimum atomic E-state index is 0.122. The largest absolute Gasteiger partial charge is 0.343 e. The molecule has 0 aromatic rings. The van der Waals surface area contributed by atoms with E-state index >= 15 is 0 Å². The molecule has 0 atom stereocenters. The number of hydrogen-bond acceptors (Lipinski definition) is 2.